The quantitative estimate of drug-likeness (QED) is 0.0835. The summed E-state index contributed by atoms with van der Waals surface area (Å²) in [4.78, 5) is 121. The summed E-state index contributed by atoms with van der Waals surface area (Å²) in [6.45, 7) is 4.98. The highest BCUT2D eigenvalue weighted by Crippen LogP contribution is 2.24. The number of fused-ring (bicyclic) bond motifs is 1. The van der Waals surface area contributed by atoms with Crippen LogP contribution < -0.4 is 54.4 Å². The van der Waals surface area contributed by atoms with Crippen molar-refractivity contribution in [3.05, 3.63) is 0 Å². The number of hydrogen-bond acceptors (Lipinski definition) is 14. The minimum Gasteiger partial charge on any atom is -0.368 e. The summed E-state index contributed by atoms with van der Waals surface area (Å²) in [6, 6.07) is -7.70. The first-order valence-corrected chi connectivity index (χ1v) is 23.7. The highest BCUT2D eigenvalue weighted by atomic mass is 33.1. The average Bonchev–Trinajstić information content (AvgIpc) is 3.68. The molecule has 2 rings (SSSR count). The number of rotatable bonds is 13. The molecule has 2 heterocycles. The second kappa shape index (κ2) is 27.1. The van der Waals surface area contributed by atoms with Crippen LogP contribution in [0, 0.1) is 5.92 Å². The molecule has 2 saturated heterocycles. The lowest BCUT2D eigenvalue weighted by Crippen LogP contribution is -2.60. The zero-order valence-electron chi connectivity index (χ0n) is 34.3. The van der Waals surface area contributed by atoms with Crippen molar-refractivity contribution in [2.75, 3.05) is 49.7 Å². The molecule has 20 nitrogen and oxygen atoms in total. The summed E-state index contributed by atoms with van der Waals surface area (Å²) in [5.74, 6) is -5.53. The van der Waals surface area contributed by atoms with Gasteiger partial charge in [0.15, 0.2) is 0 Å². The predicted octanol–water partition coefficient (Wildman–Crippen LogP) is -2.82. The van der Waals surface area contributed by atoms with E-state index in [0.29, 0.717) is 31.4 Å². The number of hydrogen-bond donors (Lipinski definition) is 10. The molecule has 334 valence electrons. The first-order valence-electron chi connectivity index (χ1n) is 19.8. The van der Waals surface area contributed by atoms with Crippen LogP contribution in [0.3, 0.4) is 0 Å². The first kappa shape index (κ1) is 51.3. The molecule has 2 aliphatic rings. The smallest absolute Gasteiger partial charge is 0.245 e. The standard InChI is InChI=1S/C36H63N11O9S3/c1-20(2)16-25-33(53)43-22(8-5-12-37)31(51)40-17-29(49)42-26(30(39)50)18-58-59-19-27(41-21(3)48)34(54)45-24(11-15-57-4)36(56)47-14-7-10-28(47)35(55)44-23(9-6-13-38)32(52)46-25/h20,22-28H,5-19,37-38H2,1-4H3,(H2,39,50)(H,40,51)(H,41,48)(H,42,49)(H,43,53)(H,44,55)(H,45,54)(H,46,52)/t22-,23-,24-,25-,26-,27+,28-/m0/s1. The van der Waals surface area contributed by atoms with E-state index in [0.717, 1.165) is 21.6 Å². The molecule has 23 heteroatoms. The summed E-state index contributed by atoms with van der Waals surface area (Å²) < 4.78 is 0. The summed E-state index contributed by atoms with van der Waals surface area (Å²) >= 11 is 1.46. The van der Waals surface area contributed by atoms with E-state index in [4.69, 9.17) is 17.2 Å². The van der Waals surface area contributed by atoms with Gasteiger partial charge in [-0.05, 0) is 82.4 Å². The van der Waals surface area contributed by atoms with Crippen molar-refractivity contribution in [2.45, 2.75) is 114 Å². The molecular weight excluding hydrogens is 827 g/mol. The van der Waals surface area contributed by atoms with E-state index in [1.807, 2.05) is 20.1 Å². The Bertz CT molecular complexity index is 1480. The zero-order valence-corrected chi connectivity index (χ0v) is 36.8. The van der Waals surface area contributed by atoms with E-state index in [1.165, 1.54) is 23.6 Å². The molecule has 2 fully saturated rings. The number of primary amides is 1. The number of amides is 9. The Morgan fingerprint density at radius 3 is 1.97 bits per heavy atom. The van der Waals surface area contributed by atoms with Gasteiger partial charge in [-0.1, -0.05) is 35.4 Å². The van der Waals surface area contributed by atoms with Gasteiger partial charge in [0.2, 0.25) is 53.2 Å². The van der Waals surface area contributed by atoms with Crippen molar-refractivity contribution in [1.82, 2.24) is 42.1 Å². The number of nitrogens with zero attached hydrogens (tertiary/aromatic N) is 1. The zero-order chi connectivity index (χ0) is 44.1. The maximum atomic E-state index is 14.1. The van der Waals surface area contributed by atoms with E-state index < -0.39 is 102 Å². The maximum absolute atomic E-state index is 14.1. The minimum atomic E-state index is -1.18. The molecule has 2 aliphatic heterocycles. The number of thioether (sulfide) groups is 1. The van der Waals surface area contributed by atoms with Gasteiger partial charge in [-0.2, -0.15) is 11.8 Å². The lowest BCUT2D eigenvalue weighted by Gasteiger charge is -2.31. The van der Waals surface area contributed by atoms with E-state index >= 15 is 0 Å². The molecule has 9 amide bonds. The van der Waals surface area contributed by atoms with Crippen LogP contribution in [0.4, 0.5) is 0 Å². The average molecular weight is 890 g/mol. The molecule has 13 N–H and O–H groups in total. The molecule has 0 aromatic rings. The third-order valence-corrected chi connectivity index (χ3v) is 12.5. The Hall–Kier alpha value is -3.80. The third kappa shape index (κ3) is 18.2. The van der Waals surface area contributed by atoms with Gasteiger partial charge in [0.1, 0.15) is 42.3 Å². The minimum absolute atomic E-state index is 0.00390. The predicted molar refractivity (Wildman–Crippen MR) is 228 cm³/mol. The Kier molecular flexibility index (Phi) is 23.6. The fourth-order valence-corrected chi connectivity index (χ4v) is 9.17. The van der Waals surface area contributed by atoms with E-state index in [-0.39, 0.29) is 62.7 Å². The molecule has 0 aromatic carbocycles. The van der Waals surface area contributed by atoms with Crippen molar-refractivity contribution in [1.29, 1.82) is 0 Å². The van der Waals surface area contributed by atoms with Gasteiger partial charge >= 0.3 is 0 Å². The Morgan fingerprint density at radius 2 is 1.37 bits per heavy atom. The number of carbonyl (C=O) groups is 9. The summed E-state index contributed by atoms with van der Waals surface area (Å²) in [5, 5.41) is 18.5. The van der Waals surface area contributed by atoms with Gasteiger partial charge in [-0.15, -0.1) is 0 Å². The highest BCUT2D eigenvalue weighted by Gasteiger charge is 2.40. The second-order valence-electron chi connectivity index (χ2n) is 14.8. The van der Waals surface area contributed by atoms with Crippen molar-refractivity contribution in [3.8, 4) is 0 Å². The Morgan fingerprint density at radius 1 is 0.797 bits per heavy atom. The molecule has 0 radical (unpaired) electrons. The van der Waals surface area contributed by atoms with Gasteiger partial charge < -0.3 is 59.3 Å². The molecule has 59 heavy (non-hydrogen) atoms. The second-order valence-corrected chi connectivity index (χ2v) is 18.3. The number of nitrogens with two attached hydrogens (primary N) is 3. The number of nitrogens with one attached hydrogen (secondary N) is 7. The van der Waals surface area contributed by atoms with Gasteiger partial charge in [-0.25, -0.2) is 0 Å². The van der Waals surface area contributed by atoms with Crippen LogP contribution >= 0.6 is 33.3 Å². The summed E-state index contributed by atoms with van der Waals surface area (Å²) in [6.07, 6.45) is 3.93. The molecule has 0 aliphatic carbocycles. The summed E-state index contributed by atoms with van der Waals surface area (Å²) in [7, 11) is 2.21. The molecular formula is C36H63N11O9S3. The largest absolute Gasteiger partial charge is 0.368 e. The fraction of sp³-hybridized carbons (Fsp3) is 0.750. The highest BCUT2D eigenvalue weighted by molar-refractivity contribution is 8.76. The Balaban J connectivity index is 2.54. The van der Waals surface area contributed by atoms with E-state index in [2.05, 4.69) is 37.2 Å². The number of carbonyl (C=O) groups excluding carboxylic acids is 9. The SMILES string of the molecule is CSCC[C@@H]1NC(=O)[C@H](NC(C)=O)CSSC[C@@H](C(N)=O)NC(=O)CNC(=O)[C@H](CCCN)NC(=O)[C@H](CC(C)C)NC(=O)[C@H](CCCN)NC(=O)[C@@H]2CCCN2C1=O. The van der Waals surface area contributed by atoms with Crippen LogP contribution in [0.5, 0.6) is 0 Å². The molecule has 7 atom stereocenters. The lowest BCUT2D eigenvalue weighted by atomic mass is 10.0. The van der Waals surface area contributed by atoms with Gasteiger partial charge in [0, 0.05) is 25.0 Å². The van der Waals surface area contributed by atoms with Crippen molar-refractivity contribution >= 4 is 86.5 Å². The van der Waals surface area contributed by atoms with Crippen LogP contribution in [-0.4, -0.2) is 150 Å². The van der Waals surface area contributed by atoms with Crippen molar-refractivity contribution < 1.29 is 43.2 Å². The molecule has 0 saturated carbocycles. The van der Waals surface area contributed by atoms with Crippen LogP contribution in [0.15, 0.2) is 0 Å². The molecule has 0 unspecified atom stereocenters. The van der Waals surface area contributed by atoms with Crippen molar-refractivity contribution in [2.24, 2.45) is 23.1 Å². The van der Waals surface area contributed by atoms with Gasteiger partial charge in [0.05, 0.1) is 6.54 Å². The molecule has 0 aromatic heterocycles. The maximum Gasteiger partial charge on any atom is 0.245 e. The third-order valence-electron chi connectivity index (χ3n) is 9.41. The normalized spacial score (nSPS) is 26.5. The van der Waals surface area contributed by atoms with Crippen LogP contribution in [0.25, 0.3) is 0 Å². The molecule has 0 spiro atoms. The Labute approximate surface area is 357 Å². The van der Waals surface area contributed by atoms with E-state index in [9.17, 15) is 43.2 Å². The first-order chi connectivity index (χ1) is 28.0. The van der Waals surface area contributed by atoms with Crippen LogP contribution in [0.1, 0.15) is 72.1 Å². The van der Waals surface area contributed by atoms with Crippen LogP contribution in [0.2, 0.25) is 0 Å². The van der Waals surface area contributed by atoms with Crippen LogP contribution in [-0.2, 0) is 43.2 Å². The van der Waals surface area contributed by atoms with E-state index in [1.54, 1.807) is 0 Å². The molecule has 0 bridgehead atoms. The summed E-state index contributed by atoms with van der Waals surface area (Å²) in [5.41, 5.74) is 17.0. The monoisotopic (exact) mass is 889 g/mol. The van der Waals surface area contributed by atoms with Gasteiger partial charge in [-0.3, -0.25) is 43.2 Å². The van der Waals surface area contributed by atoms with Crippen molar-refractivity contribution in [3.63, 3.8) is 0 Å². The topological polar surface area (TPSA) is 319 Å². The fourth-order valence-electron chi connectivity index (χ4n) is 6.36. The van der Waals surface area contributed by atoms with Gasteiger partial charge in [0.25, 0.3) is 0 Å². The lowest BCUT2D eigenvalue weighted by molar-refractivity contribution is -0.142.